The Labute approximate surface area is 126 Å². The van der Waals surface area contributed by atoms with Crippen LogP contribution in [0.3, 0.4) is 0 Å². The quantitative estimate of drug-likeness (QED) is 0.646. The molecule has 0 atom stereocenters. The molecule has 0 saturated carbocycles. The Kier molecular flexibility index (Phi) is 4.79. The van der Waals surface area contributed by atoms with Gasteiger partial charge in [0, 0.05) is 21.4 Å². The molecule has 0 bridgehead atoms. The molecule has 2 rings (SSSR count). The van der Waals surface area contributed by atoms with Crippen molar-refractivity contribution in [3.8, 4) is 0 Å². The number of nitrogens with two attached hydrogens (primary N) is 1. The molecular weight excluding hydrogens is 351 g/mol. The van der Waals surface area contributed by atoms with Crippen LogP contribution in [0.1, 0.15) is 15.9 Å². The lowest BCUT2D eigenvalue weighted by Crippen LogP contribution is -2.25. The van der Waals surface area contributed by atoms with Crippen molar-refractivity contribution in [2.75, 3.05) is 12.3 Å². The predicted molar refractivity (Wildman–Crippen MR) is 86.1 cm³/mol. The van der Waals surface area contributed by atoms with Crippen LogP contribution < -0.4 is 11.1 Å². The van der Waals surface area contributed by atoms with Crippen molar-refractivity contribution in [1.82, 2.24) is 5.32 Å². The molecule has 19 heavy (non-hydrogen) atoms. The minimum atomic E-state index is -0.0334. The van der Waals surface area contributed by atoms with Crippen LogP contribution in [-0.2, 0) is 6.42 Å². The Hall–Kier alpha value is -1.56. The number of halogens is 1. The van der Waals surface area contributed by atoms with Gasteiger partial charge in [0.25, 0.3) is 5.91 Å². The van der Waals surface area contributed by atoms with Gasteiger partial charge in [0.2, 0.25) is 0 Å². The standard InChI is InChI=1S/C15H15IN2O/c16-13-3-1-2-12(10-13)15(19)18-9-8-11-4-6-14(17)7-5-11/h1-7,10H,8-9,17H2,(H,18,19). The lowest BCUT2D eigenvalue weighted by molar-refractivity contribution is 0.0954. The van der Waals surface area contributed by atoms with Gasteiger partial charge in [0.1, 0.15) is 0 Å². The molecule has 3 nitrogen and oxygen atoms in total. The number of carbonyl (C=O) groups excluding carboxylic acids is 1. The highest BCUT2D eigenvalue weighted by Crippen LogP contribution is 2.08. The zero-order valence-electron chi connectivity index (χ0n) is 10.4. The summed E-state index contributed by atoms with van der Waals surface area (Å²) < 4.78 is 1.06. The van der Waals surface area contributed by atoms with E-state index in [0.29, 0.717) is 12.1 Å². The summed E-state index contributed by atoms with van der Waals surface area (Å²) in [7, 11) is 0. The van der Waals surface area contributed by atoms with Gasteiger partial charge in [0.15, 0.2) is 0 Å². The summed E-state index contributed by atoms with van der Waals surface area (Å²) in [6.07, 6.45) is 0.802. The van der Waals surface area contributed by atoms with Crippen molar-refractivity contribution in [2.45, 2.75) is 6.42 Å². The van der Waals surface area contributed by atoms with Crippen LogP contribution in [0.25, 0.3) is 0 Å². The van der Waals surface area contributed by atoms with Crippen molar-refractivity contribution in [3.63, 3.8) is 0 Å². The van der Waals surface area contributed by atoms with Crippen LogP contribution in [-0.4, -0.2) is 12.5 Å². The van der Waals surface area contributed by atoms with Crippen LogP contribution in [0.4, 0.5) is 5.69 Å². The molecular formula is C15H15IN2O. The van der Waals surface area contributed by atoms with E-state index in [2.05, 4.69) is 27.9 Å². The Balaban J connectivity index is 1.86. The first-order valence-corrected chi connectivity index (χ1v) is 7.11. The van der Waals surface area contributed by atoms with E-state index in [0.717, 1.165) is 21.2 Å². The maximum absolute atomic E-state index is 11.9. The number of nitrogen functional groups attached to an aromatic ring is 1. The molecule has 1 amide bonds. The monoisotopic (exact) mass is 366 g/mol. The van der Waals surface area contributed by atoms with Gasteiger partial charge in [-0.25, -0.2) is 0 Å². The first kappa shape index (κ1) is 13.9. The van der Waals surface area contributed by atoms with Gasteiger partial charge in [-0.3, -0.25) is 4.79 Å². The highest BCUT2D eigenvalue weighted by Gasteiger charge is 2.04. The average molecular weight is 366 g/mol. The van der Waals surface area contributed by atoms with E-state index in [1.165, 1.54) is 0 Å². The molecule has 0 radical (unpaired) electrons. The van der Waals surface area contributed by atoms with Gasteiger partial charge in [0.05, 0.1) is 0 Å². The highest BCUT2D eigenvalue weighted by molar-refractivity contribution is 14.1. The minimum absolute atomic E-state index is 0.0334. The summed E-state index contributed by atoms with van der Waals surface area (Å²) in [6, 6.07) is 15.2. The summed E-state index contributed by atoms with van der Waals surface area (Å²) in [6.45, 7) is 0.619. The fourth-order valence-electron chi connectivity index (χ4n) is 1.74. The number of carbonyl (C=O) groups is 1. The summed E-state index contributed by atoms with van der Waals surface area (Å²) in [5, 5.41) is 2.92. The van der Waals surface area contributed by atoms with Crippen LogP contribution in [0.5, 0.6) is 0 Å². The fraction of sp³-hybridized carbons (Fsp3) is 0.133. The third kappa shape index (κ3) is 4.24. The maximum Gasteiger partial charge on any atom is 0.251 e. The van der Waals surface area contributed by atoms with Crippen molar-refractivity contribution in [3.05, 3.63) is 63.2 Å². The van der Waals surface area contributed by atoms with Crippen molar-refractivity contribution >= 4 is 34.2 Å². The molecule has 0 unspecified atom stereocenters. The SMILES string of the molecule is Nc1ccc(CCNC(=O)c2cccc(I)c2)cc1. The molecule has 3 N–H and O–H groups in total. The molecule has 0 spiro atoms. The lowest BCUT2D eigenvalue weighted by atomic mass is 10.1. The lowest BCUT2D eigenvalue weighted by Gasteiger charge is -2.06. The number of anilines is 1. The van der Waals surface area contributed by atoms with Gasteiger partial charge < -0.3 is 11.1 Å². The highest BCUT2D eigenvalue weighted by atomic mass is 127. The van der Waals surface area contributed by atoms with Crippen molar-refractivity contribution in [2.24, 2.45) is 0 Å². The third-order valence-corrected chi connectivity index (χ3v) is 3.44. The Morgan fingerprint density at radius 2 is 1.89 bits per heavy atom. The minimum Gasteiger partial charge on any atom is -0.399 e. The first-order valence-electron chi connectivity index (χ1n) is 6.03. The Morgan fingerprint density at radius 3 is 2.58 bits per heavy atom. The van der Waals surface area contributed by atoms with E-state index < -0.39 is 0 Å². The van der Waals surface area contributed by atoms with Gasteiger partial charge >= 0.3 is 0 Å². The number of benzene rings is 2. The van der Waals surface area contributed by atoms with Gasteiger partial charge in [-0.05, 0) is 64.9 Å². The van der Waals surface area contributed by atoms with Gasteiger partial charge in [-0.2, -0.15) is 0 Å². The summed E-state index contributed by atoms with van der Waals surface area (Å²) in [5.74, 6) is -0.0334. The molecule has 2 aromatic carbocycles. The van der Waals surface area contributed by atoms with Crippen LogP contribution in [0.2, 0.25) is 0 Å². The molecule has 98 valence electrons. The zero-order valence-corrected chi connectivity index (χ0v) is 12.6. The van der Waals surface area contributed by atoms with Gasteiger partial charge in [-0.1, -0.05) is 18.2 Å². The topological polar surface area (TPSA) is 55.1 Å². The van der Waals surface area contributed by atoms with E-state index in [4.69, 9.17) is 5.73 Å². The first-order chi connectivity index (χ1) is 9.15. The molecule has 0 heterocycles. The number of rotatable bonds is 4. The van der Waals surface area contributed by atoms with E-state index in [1.807, 2.05) is 48.5 Å². The number of nitrogens with one attached hydrogen (secondary N) is 1. The molecule has 0 aromatic heterocycles. The third-order valence-electron chi connectivity index (χ3n) is 2.77. The second-order valence-electron chi connectivity index (χ2n) is 4.26. The summed E-state index contributed by atoms with van der Waals surface area (Å²) in [4.78, 5) is 11.9. The normalized spacial score (nSPS) is 10.2. The van der Waals surface area contributed by atoms with Crippen molar-refractivity contribution < 1.29 is 4.79 Å². The van der Waals surface area contributed by atoms with Crippen LogP contribution in [0, 0.1) is 3.57 Å². The summed E-state index contributed by atoms with van der Waals surface area (Å²) in [5.41, 5.74) is 8.24. The van der Waals surface area contributed by atoms with E-state index in [1.54, 1.807) is 0 Å². The second kappa shape index (κ2) is 6.56. The molecule has 0 aliphatic carbocycles. The zero-order chi connectivity index (χ0) is 13.7. The summed E-state index contributed by atoms with van der Waals surface area (Å²) >= 11 is 2.20. The Morgan fingerprint density at radius 1 is 1.16 bits per heavy atom. The Bertz CT molecular complexity index is 567. The average Bonchev–Trinajstić information content (AvgIpc) is 2.41. The smallest absolute Gasteiger partial charge is 0.251 e. The van der Waals surface area contributed by atoms with Crippen molar-refractivity contribution in [1.29, 1.82) is 0 Å². The maximum atomic E-state index is 11.9. The van der Waals surface area contributed by atoms with E-state index in [-0.39, 0.29) is 5.91 Å². The molecule has 4 heteroatoms. The van der Waals surface area contributed by atoms with Gasteiger partial charge in [-0.15, -0.1) is 0 Å². The largest absolute Gasteiger partial charge is 0.399 e. The van der Waals surface area contributed by atoms with E-state index >= 15 is 0 Å². The van der Waals surface area contributed by atoms with Crippen LogP contribution >= 0.6 is 22.6 Å². The molecule has 2 aromatic rings. The number of amides is 1. The second-order valence-corrected chi connectivity index (χ2v) is 5.50. The van der Waals surface area contributed by atoms with E-state index in [9.17, 15) is 4.79 Å². The predicted octanol–water partition coefficient (Wildman–Crippen LogP) is 2.85. The molecule has 0 aliphatic rings. The molecule has 0 aliphatic heterocycles. The molecule has 0 fully saturated rings. The van der Waals surface area contributed by atoms with Crippen LogP contribution in [0.15, 0.2) is 48.5 Å². The number of hydrogen-bond acceptors (Lipinski definition) is 2. The molecule has 0 saturated heterocycles. The number of hydrogen-bond donors (Lipinski definition) is 2. The fourth-order valence-corrected chi connectivity index (χ4v) is 2.28.